The molecule has 36 heavy (non-hydrogen) atoms. The van der Waals surface area contributed by atoms with Crippen molar-refractivity contribution in [3.05, 3.63) is 46.4 Å². The van der Waals surface area contributed by atoms with Crippen LogP contribution in [0.2, 0.25) is 0 Å². The summed E-state index contributed by atoms with van der Waals surface area (Å²) in [5.74, 6) is -1.49. The van der Waals surface area contributed by atoms with Gasteiger partial charge in [0.05, 0.1) is 17.1 Å². The topological polar surface area (TPSA) is 59.7 Å². The number of rotatable bonds is 9. The number of ether oxygens (including phenoxy) is 1. The maximum absolute atomic E-state index is 13.1. The van der Waals surface area contributed by atoms with E-state index in [1.54, 1.807) is 0 Å². The minimum absolute atomic E-state index is 0.208. The van der Waals surface area contributed by atoms with Gasteiger partial charge in [0, 0.05) is 37.5 Å². The molecule has 1 fully saturated rings. The molecule has 194 valence electrons. The van der Waals surface area contributed by atoms with E-state index >= 15 is 0 Å². The number of ketones is 1. The van der Waals surface area contributed by atoms with Crippen LogP contribution in [0.1, 0.15) is 72.2 Å². The number of carbonyl (C=O) groups is 1. The largest absolute Gasteiger partial charge is 0.464 e. The van der Waals surface area contributed by atoms with E-state index in [0.717, 1.165) is 79.8 Å². The molecule has 1 aliphatic carbocycles. The van der Waals surface area contributed by atoms with Crippen molar-refractivity contribution in [3.63, 3.8) is 0 Å². The summed E-state index contributed by atoms with van der Waals surface area (Å²) in [7, 11) is 0. The number of aryl methyl sites for hydroxylation is 1. The molecule has 0 saturated heterocycles. The van der Waals surface area contributed by atoms with Gasteiger partial charge in [-0.15, -0.1) is 0 Å². The van der Waals surface area contributed by atoms with Gasteiger partial charge in [-0.1, -0.05) is 30.2 Å². The maximum atomic E-state index is 13.1. The van der Waals surface area contributed by atoms with E-state index in [9.17, 15) is 13.6 Å². The Morgan fingerprint density at radius 2 is 1.97 bits per heavy atom. The van der Waals surface area contributed by atoms with Crippen molar-refractivity contribution < 1.29 is 18.3 Å². The average Bonchev–Trinajstić information content (AvgIpc) is 3.43. The van der Waals surface area contributed by atoms with Crippen LogP contribution < -0.4 is 4.74 Å². The Morgan fingerprint density at radius 1 is 1.19 bits per heavy atom. The highest BCUT2D eigenvalue weighted by Gasteiger charge is 2.27. The molecule has 4 heterocycles. The second-order valence-corrected chi connectivity index (χ2v) is 11.6. The lowest BCUT2D eigenvalue weighted by Crippen LogP contribution is -2.32. The van der Waals surface area contributed by atoms with Crippen molar-refractivity contribution in [3.8, 4) is 5.19 Å². The van der Waals surface area contributed by atoms with Crippen molar-refractivity contribution in [2.45, 2.75) is 71.3 Å². The first-order chi connectivity index (χ1) is 17.2. The second-order valence-electron chi connectivity index (χ2n) is 10.6. The number of hydrogen-bond donors (Lipinski definition) is 0. The number of pyridine rings is 1. The van der Waals surface area contributed by atoms with Gasteiger partial charge in [-0.05, 0) is 63.1 Å². The third-order valence-electron chi connectivity index (χ3n) is 7.43. The highest BCUT2D eigenvalue weighted by molar-refractivity contribution is 7.13. The van der Waals surface area contributed by atoms with E-state index in [4.69, 9.17) is 4.74 Å². The molecule has 0 unspecified atom stereocenters. The quantitative estimate of drug-likeness (QED) is 0.329. The Kier molecular flexibility index (Phi) is 7.40. The normalized spacial score (nSPS) is 21.0. The molecule has 0 amide bonds. The zero-order valence-corrected chi connectivity index (χ0v) is 21.8. The number of imidazole rings is 1. The van der Waals surface area contributed by atoms with E-state index < -0.39 is 12.5 Å². The highest BCUT2D eigenvalue weighted by atomic mass is 32.1. The van der Waals surface area contributed by atoms with Crippen LogP contribution in [-0.4, -0.2) is 50.7 Å². The number of alkyl halides is 2. The molecule has 0 spiro atoms. The molecule has 3 aromatic heterocycles. The molecule has 0 N–H and O–H groups in total. The van der Waals surface area contributed by atoms with E-state index in [1.807, 2.05) is 35.7 Å². The van der Waals surface area contributed by atoms with Gasteiger partial charge < -0.3 is 4.74 Å². The van der Waals surface area contributed by atoms with Crippen molar-refractivity contribution >= 4 is 22.8 Å². The highest BCUT2D eigenvalue weighted by Crippen LogP contribution is 2.35. The number of halogens is 2. The number of nitrogens with zero attached hydrogens (tertiary/aromatic N) is 4. The third kappa shape index (κ3) is 6.11. The van der Waals surface area contributed by atoms with Crippen LogP contribution in [0.4, 0.5) is 8.78 Å². The lowest BCUT2D eigenvalue weighted by atomic mass is 9.78. The van der Waals surface area contributed by atoms with Crippen LogP contribution in [-0.2, 0) is 13.0 Å². The minimum atomic E-state index is -2.85. The fourth-order valence-corrected chi connectivity index (χ4v) is 6.39. The van der Waals surface area contributed by atoms with Gasteiger partial charge in [0.1, 0.15) is 5.65 Å². The van der Waals surface area contributed by atoms with Crippen LogP contribution in [0.3, 0.4) is 0 Å². The molecule has 3 aromatic rings. The first-order valence-electron chi connectivity index (χ1n) is 12.9. The number of fused-ring (bicyclic) bond motifs is 2. The van der Waals surface area contributed by atoms with E-state index in [-0.39, 0.29) is 5.78 Å². The van der Waals surface area contributed by atoms with Crippen LogP contribution in [0.25, 0.3) is 5.65 Å². The van der Waals surface area contributed by atoms with Gasteiger partial charge in [0.2, 0.25) is 0 Å². The monoisotopic (exact) mass is 516 g/mol. The van der Waals surface area contributed by atoms with Crippen molar-refractivity contribution in [1.82, 2.24) is 19.3 Å². The number of Topliss-reactive ketones (excluding diaryl/α,β-unsaturated/α-hetero) is 1. The lowest BCUT2D eigenvalue weighted by molar-refractivity contribution is -0.0230. The molecule has 0 atom stereocenters. The van der Waals surface area contributed by atoms with E-state index in [2.05, 4.69) is 14.9 Å². The number of hydrogen-bond acceptors (Lipinski definition) is 6. The Labute approximate surface area is 214 Å². The summed E-state index contributed by atoms with van der Waals surface area (Å²) in [4.78, 5) is 25.6. The fraction of sp³-hybridized carbons (Fsp3) is 0.593. The van der Waals surface area contributed by atoms with Crippen LogP contribution in [0.15, 0.2) is 24.4 Å². The molecule has 0 bridgehead atoms. The van der Waals surface area contributed by atoms with Crippen molar-refractivity contribution in [2.24, 2.45) is 11.8 Å². The molecule has 9 heteroatoms. The summed E-state index contributed by atoms with van der Waals surface area (Å²) < 4.78 is 33.3. The molecule has 5 rings (SSSR count). The fourth-order valence-electron chi connectivity index (χ4n) is 5.49. The molecule has 0 radical (unpaired) electrons. The van der Waals surface area contributed by atoms with Gasteiger partial charge in [-0.3, -0.25) is 14.1 Å². The maximum Gasteiger partial charge on any atom is 0.278 e. The molecule has 1 aliphatic heterocycles. The smallest absolute Gasteiger partial charge is 0.278 e. The molecule has 1 saturated carbocycles. The molecule has 6 nitrogen and oxygen atoms in total. The SMILES string of the molecule is Cc1cn2c(C(=O)CC3CCC(CCN4CCc5sc(OCC(C)(F)F)nc5C4)CC3)cccc2n1. The predicted molar refractivity (Wildman–Crippen MR) is 136 cm³/mol. The van der Waals surface area contributed by atoms with Gasteiger partial charge >= 0.3 is 0 Å². The van der Waals surface area contributed by atoms with Gasteiger partial charge in [0.25, 0.3) is 11.1 Å². The van der Waals surface area contributed by atoms with Crippen LogP contribution >= 0.6 is 11.3 Å². The first-order valence-corrected chi connectivity index (χ1v) is 13.7. The van der Waals surface area contributed by atoms with Gasteiger partial charge in [-0.2, -0.15) is 0 Å². The van der Waals surface area contributed by atoms with Gasteiger partial charge in [-0.25, -0.2) is 18.7 Å². The summed E-state index contributed by atoms with van der Waals surface area (Å²) in [6, 6.07) is 5.76. The Bertz CT molecular complexity index is 1210. The zero-order chi connectivity index (χ0) is 25.3. The molecular formula is C27H34F2N4O2S. The average molecular weight is 517 g/mol. The summed E-state index contributed by atoms with van der Waals surface area (Å²) in [6.07, 6.45) is 9.15. The van der Waals surface area contributed by atoms with E-state index in [0.29, 0.717) is 23.5 Å². The summed E-state index contributed by atoms with van der Waals surface area (Å²) >= 11 is 1.40. The minimum Gasteiger partial charge on any atom is -0.464 e. The second kappa shape index (κ2) is 10.5. The van der Waals surface area contributed by atoms with Crippen molar-refractivity contribution in [2.75, 3.05) is 19.7 Å². The first kappa shape index (κ1) is 25.3. The Hall–Kier alpha value is -2.39. The molecule has 2 aliphatic rings. The molecular weight excluding hydrogens is 482 g/mol. The van der Waals surface area contributed by atoms with Crippen LogP contribution in [0.5, 0.6) is 5.19 Å². The predicted octanol–water partition coefficient (Wildman–Crippen LogP) is 5.96. The summed E-state index contributed by atoms with van der Waals surface area (Å²) in [6.45, 7) is 4.94. The zero-order valence-electron chi connectivity index (χ0n) is 21.0. The number of aromatic nitrogens is 3. The Balaban J connectivity index is 1.06. The summed E-state index contributed by atoms with van der Waals surface area (Å²) in [5.41, 5.74) is 3.46. The van der Waals surface area contributed by atoms with Crippen molar-refractivity contribution in [1.29, 1.82) is 0 Å². The number of thiazole rings is 1. The van der Waals surface area contributed by atoms with Gasteiger partial charge in [0.15, 0.2) is 12.4 Å². The Morgan fingerprint density at radius 3 is 2.75 bits per heavy atom. The lowest BCUT2D eigenvalue weighted by Gasteiger charge is -2.31. The molecule has 0 aromatic carbocycles. The van der Waals surface area contributed by atoms with Crippen LogP contribution in [0, 0.1) is 18.8 Å². The summed E-state index contributed by atoms with van der Waals surface area (Å²) in [5, 5.41) is 0.357. The number of carbonyl (C=O) groups excluding carboxylic acids is 1. The van der Waals surface area contributed by atoms with E-state index in [1.165, 1.54) is 24.2 Å². The standard InChI is InChI=1S/C27H34F2N4O2S/c1-18-15-33-22(4-3-5-25(33)30-18)23(34)14-20-8-6-19(7-9-20)10-12-32-13-11-24-21(16-32)31-26(36-24)35-17-27(2,28)29/h3-5,15,19-20H,6-14,16-17H2,1-2H3. The third-order valence-corrected chi connectivity index (χ3v) is 8.50.